The minimum absolute atomic E-state index is 0.0915. The first-order chi connectivity index (χ1) is 9.61. The summed E-state index contributed by atoms with van der Waals surface area (Å²) in [5, 5.41) is 7.49. The van der Waals surface area contributed by atoms with E-state index in [0.717, 1.165) is 10.9 Å². The summed E-state index contributed by atoms with van der Waals surface area (Å²) < 4.78 is 0. The lowest BCUT2D eigenvalue weighted by Crippen LogP contribution is -2.23. The average Bonchev–Trinajstić information content (AvgIpc) is 3.32. The van der Waals surface area contributed by atoms with Crippen molar-refractivity contribution in [3.8, 4) is 0 Å². The highest BCUT2D eigenvalue weighted by molar-refractivity contribution is 7.18. The van der Waals surface area contributed by atoms with Crippen molar-refractivity contribution in [1.29, 1.82) is 0 Å². The van der Waals surface area contributed by atoms with E-state index in [-0.39, 0.29) is 5.91 Å². The maximum absolute atomic E-state index is 12.1. The molecular weight excluding hydrogens is 270 g/mol. The summed E-state index contributed by atoms with van der Waals surface area (Å²) in [4.78, 5) is 12.8. The number of nitrogens with two attached hydrogens (primary N) is 1. The first kappa shape index (κ1) is 13.5. The SMILES string of the molecule is C=CCNC(=O)c1sc(NC2CC2C)c(C2CC2)c1N. The molecule has 2 fully saturated rings. The monoisotopic (exact) mass is 291 g/mol. The molecule has 2 aliphatic carbocycles. The van der Waals surface area contributed by atoms with Gasteiger partial charge in [-0.05, 0) is 31.1 Å². The third kappa shape index (κ3) is 2.54. The quantitative estimate of drug-likeness (QED) is 0.706. The van der Waals surface area contributed by atoms with Crippen LogP contribution in [0.3, 0.4) is 0 Å². The highest BCUT2D eigenvalue weighted by Crippen LogP contribution is 2.52. The Balaban J connectivity index is 1.84. The number of rotatable bonds is 6. The number of anilines is 2. The van der Waals surface area contributed by atoms with Gasteiger partial charge >= 0.3 is 0 Å². The molecule has 1 aromatic heterocycles. The highest BCUT2D eigenvalue weighted by atomic mass is 32.1. The third-order valence-corrected chi connectivity index (χ3v) is 5.16. The predicted octanol–water partition coefficient (Wildman–Crippen LogP) is 2.94. The van der Waals surface area contributed by atoms with Crippen molar-refractivity contribution in [2.75, 3.05) is 17.6 Å². The fourth-order valence-corrected chi connectivity index (χ4v) is 3.63. The zero-order valence-corrected chi connectivity index (χ0v) is 12.6. The third-order valence-electron chi connectivity index (χ3n) is 4.01. The average molecular weight is 291 g/mol. The lowest BCUT2D eigenvalue weighted by Gasteiger charge is -2.06. The largest absolute Gasteiger partial charge is 0.397 e. The lowest BCUT2D eigenvalue weighted by atomic mass is 10.1. The molecule has 2 aliphatic rings. The molecule has 4 N–H and O–H groups in total. The van der Waals surface area contributed by atoms with Gasteiger partial charge in [0, 0.05) is 18.2 Å². The summed E-state index contributed by atoms with van der Waals surface area (Å²) in [6.45, 7) is 6.32. The van der Waals surface area contributed by atoms with Gasteiger partial charge in [-0.2, -0.15) is 0 Å². The van der Waals surface area contributed by atoms with Crippen molar-refractivity contribution in [2.45, 2.75) is 38.1 Å². The lowest BCUT2D eigenvalue weighted by molar-refractivity contribution is 0.0963. The zero-order valence-electron chi connectivity index (χ0n) is 11.7. The molecule has 0 radical (unpaired) electrons. The van der Waals surface area contributed by atoms with E-state index in [1.54, 1.807) is 6.08 Å². The van der Waals surface area contributed by atoms with Crippen LogP contribution in [0.15, 0.2) is 12.7 Å². The molecule has 108 valence electrons. The van der Waals surface area contributed by atoms with Crippen molar-refractivity contribution in [1.82, 2.24) is 5.32 Å². The fourth-order valence-electron chi connectivity index (χ4n) is 2.45. The van der Waals surface area contributed by atoms with Gasteiger partial charge in [-0.25, -0.2) is 0 Å². The summed E-state index contributed by atoms with van der Waals surface area (Å²) in [6.07, 6.45) is 5.25. The smallest absolute Gasteiger partial charge is 0.263 e. The van der Waals surface area contributed by atoms with Gasteiger partial charge < -0.3 is 16.4 Å². The van der Waals surface area contributed by atoms with E-state index in [2.05, 4.69) is 24.1 Å². The molecule has 0 aliphatic heterocycles. The number of carbonyl (C=O) groups is 1. The molecule has 2 saturated carbocycles. The maximum atomic E-state index is 12.1. The number of hydrogen-bond acceptors (Lipinski definition) is 4. The number of nitrogens with one attached hydrogen (secondary N) is 2. The summed E-state index contributed by atoms with van der Waals surface area (Å²) >= 11 is 1.50. The van der Waals surface area contributed by atoms with Crippen LogP contribution in [-0.4, -0.2) is 18.5 Å². The van der Waals surface area contributed by atoms with Crippen molar-refractivity contribution in [3.05, 3.63) is 23.1 Å². The Labute approximate surface area is 123 Å². The molecule has 1 amide bonds. The molecule has 0 bridgehead atoms. The van der Waals surface area contributed by atoms with Crippen LogP contribution in [0.4, 0.5) is 10.7 Å². The number of nitrogen functional groups attached to an aromatic ring is 1. The minimum Gasteiger partial charge on any atom is -0.397 e. The molecule has 2 unspecified atom stereocenters. The van der Waals surface area contributed by atoms with Gasteiger partial charge in [-0.1, -0.05) is 13.0 Å². The van der Waals surface area contributed by atoms with Crippen molar-refractivity contribution in [2.24, 2.45) is 5.92 Å². The molecule has 4 nitrogen and oxygen atoms in total. The number of carbonyl (C=O) groups excluding carboxylic acids is 1. The van der Waals surface area contributed by atoms with E-state index in [9.17, 15) is 4.79 Å². The van der Waals surface area contributed by atoms with Crippen LogP contribution < -0.4 is 16.4 Å². The number of thiophene rings is 1. The highest BCUT2D eigenvalue weighted by Gasteiger charge is 2.37. The van der Waals surface area contributed by atoms with E-state index >= 15 is 0 Å². The van der Waals surface area contributed by atoms with E-state index in [1.165, 1.54) is 36.2 Å². The fraction of sp³-hybridized carbons (Fsp3) is 0.533. The summed E-state index contributed by atoms with van der Waals surface area (Å²) in [5.41, 5.74) is 8.09. The molecule has 20 heavy (non-hydrogen) atoms. The van der Waals surface area contributed by atoms with E-state index in [1.807, 2.05) is 0 Å². The van der Waals surface area contributed by atoms with Gasteiger partial charge in [0.2, 0.25) is 0 Å². The topological polar surface area (TPSA) is 67.2 Å². The Bertz CT molecular complexity index is 548. The zero-order chi connectivity index (χ0) is 14.3. The Hall–Kier alpha value is -1.49. The molecule has 0 spiro atoms. The second-order valence-corrected chi connectivity index (χ2v) is 6.85. The number of hydrogen-bond donors (Lipinski definition) is 3. The Morgan fingerprint density at radius 2 is 2.25 bits per heavy atom. The van der Waals surface area contributed by atoms with Crippen LogP contribution in [-0.2, 0) is 0 Å². The Kier molecular flexibility index (Phi) is 3.46. The van der Waals surface area contributed by atoms with Gasteiger partial charge in [-0.15, -0.1) is 17.9 Å². The van der Waals surface area contributed by atoms with Crippen molar-refractivity contribution in [3.63, 3.8) is 0 Å². The second-order valence-electron chi connectivity index (χ2n) is 5.82. The summed E-state index contributed by atoms with van der Waals surface area (Å²) in [5.74, 6) is 1.18. The van der Waals surface area contributed by atoms with Gasteiger partial charge in [0.05, 0.1) is 10.7 Å². The second kappa shape index (κ2) is 5.13. The van der Waals surface area contributed by atoms with Gasteiger partial charge in [-0.3, -0.25) is 4.79 Å². The minimum atomic E-state index is -0.0915. The van der Waals surface area contributed by atoms with Gasteiger partial charge in [0.15, 0.2) is 0 Å². The Morgan fingerprint density at radius 1 is 1.55 bits per heavy atom. The molecule has 0 saturated heterocycles. The van der Waals surface area contributed by atoms with Crippen LogP contribution in [0.1, 0.15) is 47.3 Å². The molecule has 3 rings (SSSR count). The molecular formula is C15H21N3OS. The van der Waals surface area contributed by atoms with E-state index in [0.29, 0.717) is 29.1 Å². The standard InChI is InChI=1S/C15H21N3OS/c1-3-6-17-14(19)13-12(16)11(9-4-5-9)15(20-13)18-10-7-8(10)2/h3,8-10,18H,1,4-7,16H2,2H3,(H,17,19). The normalized spacial score (nSPS) is 24.2. The van der Waals surface area contributed by atoms with Crippen molar-refractivity contribution < 1.29 is 4.79 Å². The summed E-state index contributed by atoms with van der Waals surface area (Å²) in [6, 6.07) is 0.551. The summed E-state index contributed by atoms with van der Waals surface area (Å²) in [7, 11) is 0. The van der Waals surface area contributed by atoms with Crippen LogP contribution in [0.2, 0.25) is 0 Å². The molecule has 5 heteroatoms. The van der Waals surface area contributed by atoms with E-state index in [4.69, 9.17) is 5.73 Å². The first-order valence-electron chi connectivity index (χ1n) is 7.19. The number of amides is 1. The molecule has 0 aromatic carbocycles. The van der Waals surface area contributed by atoms with Gasteiger partial charge in [0.25, 0.3) is 5.91 Å². The van der Waals surface area contributed by atoms with Crippen LogP contribution in [0.25, 0.3) is 0 Å². The maximum Gasteiger partial charge on any atom is 0.263 e. The molecule has 2 atom stereocenters. The Morgan fingerprint density at radius 3 is 2.80 bits per heavy atom. The predicted molar refractivity (Wildman–Crippen MR) is 84.4 cm³/mol. The van der Waals surface area contributed by atoms with Gasteiger partial charge in [0.1, 0.15) is 4.88 Å². The van der Waals surface area contributed by atoms with Crippen molar-refractivity contribution >= 4 is 27.9 Å². The first-order valence-corrected chi connectivity index (χ1v) is 8.01. The molecule has 1 aromatic rings. The van der Waals surface area contributed by atoms with E-state index < -0.39 is 0 Å². The van der Waals surface area contributed by atoms with Crippen LogP contribution >= 0.6 is 11.3 Å². The van der Waals surface area contributed by atoms with Crippen LogP contribution in [0.5, 0.6) is 0 Å². The van der Waals surface area contributed by atoms with Crippen LogP contribution in [0, 0.1) is 5.92 Å². The molecule has 1 heterocycles.